The topological polar surface area (TPSA) is 35.5 Å². The lowest BCUT2D eigenvalue weighted by molar-refractivity contribution is -0.134. The molecule has 3 nitrogen and oxygen atoms in total. The van der Waals surface area contributed by atoms with Gasteiger partial charge in [0, 0.05) is 11.6 Å². The number of methoxy groups -OCH3 is 1. The number of hydrogen-bond donors (Lipinski definition) is 0. The zero-order valence-electron chi connectivity index (χ0n) is 10.2. The maximum absolute atomic E-state index is 13.2. The minimum Gasteiger partial charge on any atom is -0.493 e. The van der Waals surface area contributed by atoms with Gasteiger partial charge in [-0.25, -0.2) is 9.18 Å². The van der Waals surface area contributed by atoms with E-state index in [4.69, 9.17) is 4.74 Å². The molecule has 1 aliphatic carbocycles. The van der Waals surface area contributed by atoms with Crippen LogP contribution in [-0.4, -0.2) is 19.7 Å². The highest BCUT2D eigenvalue weighted by Crippen LogP contribution is 2.30. The molecular formula is C14H15FO3. The van der Waals surface area contributed by atoms with Gasteiger partial charge in [-0.2, -0.15) is 0 Å². The van der Waals surface area contributed by atoms with Gasteiger partial charge in [-0.3, -0.25) is 0 Å². The van der Waals surface area contributed by atoms with Gasteiger partial charge in [-0.05, 0) is 43.0 Å². The van der Waals surface area contributed by atoms with Gasteiger partial charge in [0.15, 0.2) is 0 Å². The second-order valence-electron chi connectivity index (χ2n) is 4.29. The molecule has 0 radical (unpaired) electrons. The molecule has 0 N–H and O–H groups in total. The van der Waals surface area contributed by atoms with Crippen molar-refractivity contribution < 1.29 is 18.7 Å². The molecule has 2 rings (SSSR count). The average molecular weight is 250 g/mol. The molecule has 0 atom stereocenters. The van der Waals surface area contributed by atoms with Crippen LogP contribution >= 0.6 is 0 Å². The molecule has 0 unspecified atom stereocenters. The molecule has 18 heavy (non-hydrogen) atoms. The van der Waals surface area contributed by atoms with E-state index in [1.54, 1.807) is 6.07 Å². The summed E-state index contributed by atoms with van der Waals surface area (Å²) in [5.41, 5.74) is 0.543. The van der Waals surface area contributed by atoms with Crippen molar-refractivity contribution in [1.29, 1.82) is 0 Å². The molecule has 1 fully saturated rings. The van der Waals surface area contributed by atoms with Crippen LogP contribution in [0.1, 0.15) is 18.4 Å². The van der Waals surface area contributed by atoms with Crippen molar-refractivity contribution in [3.05, 3.63) is 35.7 Å². The Morgan fingerprint density at radius 2 is 2.28 bits per heavy atom. The van der Waals surface area contributed by atoms with E-state index in [1.165, 1.54) is 44.2 Å². The molecular weight excluding hydrogens is 235 g/mol. The van der Waals surface area contributed by atoms with Gasteiger partial charge in [0.25, 0.3) is 0 Å². The summed E-state index contributed by atoms with van der Waals surface area (Å²) >= 11 is 0. The number of carbonyl (C=O) groups excluding carboxylic acids is 1. The van der Waals surface area contributed by atoms with Crippen molar-refractivity contribution in [3.63, 3.8) is 0 Å². The van der Waals surface area contributed by atoms with Crippen molar-refractivity contribution >= 4 is 12.0 Å². The van der Waals surface area contributed by atoms with E-state index in [2.05, 4.69) is 4.74 Å². The molecule has 0 heterocycles. The fourth-order valence-electron chi connectivity index (χ4n) is 1.50. The van der Waals surface area contributed by atoms with Crippen molar-refractivity contribution in [1.82, 2.24) is 0 Å². The Morgan fingerprint density at radius 1 is 1.50 bits per heavy atom. The predicted molar refractivity (Wildman–Crippen MR) is 65.7 cm³/mol. The zero-order chi connectivity index (χ0) is 13.0. The lowest BCUT2D eigenvalue weighted by Gasteiger charge is -2.08. The monoisotopic (exact) mass is 250 g/mol. The summed E-state index contributed by atoms with van der Waals surface area (Å²) in [4.78, 5) is 11.0. The molecule has 1 aliphatic rings. The minimum absolute atomic E-state index is 0.363. The summed E-state index contributed by atoms with van der Waals surface area (Å²) in [6, 6.07) is 4.26. The third kappa shape index (κ3) is 3.58. The minimum atomic E-state index is -0.479. The first-order valence-electron chi connectivity index (χ1n) is 5.87. The Balaban J connectivity index is 2.11. The van der Waals surface area contributed by atoms with E-state index >= 15 is 0 Å². The Kier molecular flexibility index (Phi) is 3.97. The Morgan fingerprint density at radius 3 is 2.94 bits per heavy atom. The molecule has 0 amide bonds. The Bertz CT molecular complexity index is 464. The lowest BCUT2D eigenvalue weighted by atomic mass is 10.2. The van der Waals surface area contributed by atoms with Crippen molar-refractivity contribution in [2.75, 3.05) is 13.7 Å². The number of carbonyl (C=O) groups is 1. The summed E-state index contributed by atoms with van der Waals surface area (Å²) in [6.07, 6.45) is 5.12. The summed E-state index contributed by atoms with van der Waals surface area (Å²) in [5, 5.41) is 0. The van der Waals surface area contributed by atoms with Crippen molar-refractivity contribution in [2.45, 2.75) is 12.8 Å². The zero-order valence-corrected chi connectivity index (χ0v) is 10.2. The second-order valence-corrected chi connectivity index (χ2v) is 4.29. The molecule has 0 aliphatic heterocycles. The fourth-order valence-corrected chi connectivity index (χ4v) is 1.50. The number of halogens is 1. The van der Waals surface area contributed by atoms with Crippen LogP contribution in [0.3, 0.4) is 0 Å². The van der Waals surface area contributed by atoms with E-state index in [-0.39, 0.29) is 5.82 Å². The van der Waals surface area contributed by atoms with Gasteiger partial charge in [0.05, 0.1) is 13.7 Å². The third-order valence-electron chi connectivity index (χ3n) is 2.74. The summed E-state index contributed by atoms with van der Waals surface area (Å²) in [7, 11) is 1.29. The molecule has 0 aromatic heterocycles. The SMILES string of the molecule is COC(=O)C=Cc1cc(F)ccc1OCC1CC1. The summed E-state index contributed by atoms with van der Waals surface area (Å²) in [6.45, 7) is 0.644. The normalized spacial score (nSPS) is 14.8. The molecule has 96 valence electrons. The van der Waals surface area contributed by atoms with Gasteiger partial charge >= 0.3 is 5.97 Å². The third-order valence-corrected chi connectivity index (χ3v) is 2.74. The van der Waals surface area contributed by atoms with E-state index in [1.807, 2.05) is 0 Å². The molecule has 1 aromatic carbocycles. The van der Waals surface area contributed by atoms with Crippen LogP contribution in [0.25, 0.3) is 6.08 Å². The van der Waals surface area contributed by atoms with E-state index < -0.39 is 5.97 Å². The van der Waals surface area contributed by atoms with Crippen LogP contribution in [-0.2, 0) is 9.53 Å². The number of ether oxygens (including phenoxy) is 2. The van der Waals surface area contributed by atoms with Gasteiger partial charge in [-0.1, -0.05) is 0 Å². The van der Waals surface area contributed by atoms with Crippen LogP contribution in [0, 0.1) is 11.7 Å². The number of rotatable bonds is 5. The largest absolute Gasteiger partial charge is 0.493 e. The molecule has 1 saturated carbocycles. The summed E-state index contributed by atoms with van der Waals surface area (Å²) < 4.78 is 23.3. The van der Waals surface area contributed by atoms with Gasteiger partial charge in [0.2, 0.25) is 0 Å². The predicted octanol–water partition coefficient (Wildman–Crippen LogP) is 2.80. The summed E-state index contributed by atoms with van der Waals surface area (Å²) in [5.74, 6) is 0.363. The van der Waals surface area contributed by atoms with Crippen LogP contribution < -0.4 is 4.74 Å². The number of benzene rings is 1. The van der Waals surface area contributed by atoms with E-state index in [0.717, 1.165) is 0 Å². The van der Waals surface area contributed by atoms with E-state index in [0.29, 0.717) is 23.8 Å². The smallest absolute Gasteiger partial charge is 0.330 e. The van der Waals surface area contributed by atoms with Crippen LogP contribution in [0.5, 0.6) is 5.75 Å². The Hall–Kier alpha value is -1.84. The van der Waals surface area contributed by atoms with Crippen LogP contribution in [0.15, 0.2) is 24.3 Å². The van der Waals surface area contributed by atoms with Gasteiger partial charge in [0.1, 0.15) is 11.6 Å². The maximum atomic E-state index is 13.2. The first kappa shape index (κ1) is 12.6. The molecule has 0 spiro atoms. The quantitative estimate of drug-likeness (QED) is 0.595. The van der Waals surface area contributed by atoms with Crippen LogP contribution in [0.2, 0.25) is 0 Å². The highest BCUT2D eigenvalue weighted by Gasteiger charge is 2.22. The molecule has 0 bridgehead atoms. The second kappa shape index (κ2) is 5.67. The first-order valence-corrected chi connectivity index (χ1v) is 5.87. The molecule has 1 aromatic rings. The first-order chi connectivity index (χ1) is 8.69. The fraction of sp³-hybridized carbons (Fsp3) is 0.357. The molecule has 0 saturated heterocycles. The highest BCUT2D eigenvalue weighted by molar-refractivity contribution is 5.87. The molecule has 4 heteroatoms. The average Bonchev–Trinajstić information content (AvgIpc) is 3.18. The highest BCUT2D eigenvalue weighted by atomic mass is 19.1. The number of esters is 1. The number of hydrogen-bond acceptors (Lipinski definition) is 3. The maximum Gasteiger partial charge on any atom is 0.330 e. The standard InChI is InChI=1S/C14H15FO3/c1-17-14(16)7-4-11-8-12(15)5-6-13(11)18-9-10-2-3-10/h4-8,10H,2-3,9H2,1H3. The lowest BCUT2D eigenvalue weighted by Crippen LogP contribution is -2.01. The van der Waals surface area contributed by atoms with Crippen molar-refractivity contribution in [3.8, 4) is 5.75 Å². The van der Waals surface area contributed by atoms with Gasteiger partial charge < -0.3 is 9.47 Å². The Labute approximate surface area is 105 Å². The van der Waals surface area contributed by atoms with Crippen LogP contribution in [0.4, 0.5) is 4.39 Å². The van der Waals surface area contributed by atoms with E-state index in [9.17, 15) is 9.18 Å². The van der Waals surface area contributed by atoms with Gasteiger partial charge in [-0.15, -0.1) is 0 Å². The van der Waals surface area contributed by atoms with Crippen molar-refractivity contribution in [2.24, 2.45) is 5.92 Å².